The Balaban J connectivity index is 4.50. The lowest BCUT2D eigenvalue weighted by Crippen LogP contribution is -2.34. The molecular weight excluding hydrogens is 806 g/mol. The summed E-state index contributed by atoms with van der Waals surface area (Å²) in [6, 6.07) is -1.54. The first-order chi connectivity index (χ1) is 30.1. The van der Waals surface area contributed by atoms with Gasteiger partial charge in [-0.25, -0.2) is 4.57 Å². The van der Waals surface area contributed by atoms with Crippen LogP contribution >= 0.6 is 7.82 Å². The monoisotopic (exact) mass is 884 g/mol. The summed E-state index contributed by atoms with van der Waals surface area (Å²) in [6.45, 7) is 2.48. The smallest absolute Gasteiger partial charge is 0.472 e. The summed E-state index contributed by atoms with van der Waals surface area (Å²) in [4.78, 5) is 46.0. The van der Waals surface area contributed by atoms with E-state index in [4.69, 9.17) is 24.8 Å². The predicted octanol–water partition coefficient (Wildman–Crippen LogP) is 12.4. The summed E-state index contributed by atoms with van der Waals surface area (Å²) in [5, 5.41) is 8.90. The van der Waals surface area contributed by atoms with Crippen molar-refractivity contribution in [2.75, 3.05) is 19.8 Å². The van der Waals surface area contributed by atoms with Crippen LogP contribution < -0.4 is 5.73 Å². The highest BCUT2D eigenvalue weighted by atomic mass is 31.2. The van der Waals surface area contributed by atoms with E-state index in [1.165, 1.54) is 0 Å². The van der Waals surface area contributed by atoms with Crippen molar-refractivity contribution >= 4 is 25.7 Å². The number of allylic oxidation sites excluding steroid dienone is 20. The molecule has 0 aromatic carbocycles. The average Bonchev–Trinajstić information content (AvgIpc) is 3.25. The standard InChI is InChI=1S/C50H78NO10P/c1-3-5-7-9-11-13-15-17-19-21-23-25-27-29-31-33-35-37-39-41-48(52)58-43-46(44-59-62(56,57)60-45-47(51)50(54)55)61-49(53)42-40-38-36-34-32-30-28-26-24-22-20-18-16-14-12-10-8-6-4-2/h5-8,11-14,17-20,23-26,29-32,46-47H,3-4,9-10,15-16,21-22,27-28,33-45,51H2,1-2H3,(H,54,55)(H,56,57)/b7-5-,8-6-,13-11-,14-12-,19-17-,20-18-,25-23-,26-24-,31-29-,32-30-. The number of carboxylic acids is 1. The highest BCUT2D eigenvalue weighted by Crippen LogP contribution is 2.43. The van der Waals surface area contributed by atoms with Crippen LogP contribution in [0.5, 0.6) is 0 Å². The maximum Gasteiger partial charge on any atom is 0.472 e. The lowest BCUT2D eigenvalue weighted by molar-refractivity contribution is -0.161. The second kappa shape index (κ2) is 43.5. The van der Waals surface area contributed by atoms with Gasteiger partial charge < -0.3 is 25.2 Å². The third-order valence-electron chi connectivity index (χ3n) is 8.71. The normalized spacial score (nSPS) is 14.8. The number of nitrogens with two attached hydrogens (primary N) is 1. The molecule has 3 atom stereocenters. The first kappa shape index (κ1) is 57.9. The third kappa shape index (κ3) is 42.6. The molecule has 0 spiro atoms. The molecule has 0 amide bonds. The summed E-state index contributed by atoms with van der Waals surface area (Å²) in [5.41, 5.74) is 5.33. The number of carbonyl (C=O) groups is 3. The van der Waals surface area contributed by atoms with Crippen molar-refractivity contribution < 1.29 is 47.5 Å². The van der Waals surface area contributed by atoms with Crippen molar-refractivity contribution in [3.05, 3.63) is 122 Å². The summed E-state index contributed by atoms with van der Waals surface area (Å²) in [7, 11) is -4.75. The molecule has 12 heteroatoms. The SMILES string of the molecule is CC/C=C\C/C=C\C/C=C\C/C=C\C/C=C\CCCCCC(=O)OCC(COP(=O)(O)OCC(N)C(=O)O)OC(=O)CCCCC/C=C\C/C=C\C/C=C\C/C=C\C/C=C\CC. The lowest BCUT2D eigenvalue weighted by Gasteiger charge is -2.20. The molecule has 0 fully saturated rings. The van der Waals surface area contributed by atoms with Crippen molar-refractivity contribution in [2.24, 2.45) is 5.73 Å². The minimum absolute atomic E-state index is 0.106. The number of esters is 2. The van der Waals surface area contributed by atoms with E-state index in [-0.39, 0.29) is 19.4 Å². The van der Waals surface area contributed by atoms with Crippen LogP contribution in [0.1, 0.15) is 142 Å². The highest BCUT2D eigenvalue weighted by molar-refractivity contribution is 7.47. The maximum atomic E-state index is 12.6. The fraction of sp³-hybridized carbons (Fsp3) is 0.540. The van der Waals surface area contributed by atoms with Crippen molar-refractivity contribution in [1.29, 1.82) is 0 Å². The fourth-order valence-corrected chi connectivity index (χ4v) is 6.01. The highest BCUT2D eigenvalue weighted by Gasteiger charge is 2.28. The summed E-state index contributed by atoms with van der Waals surface area (Å²) >= 11 is 0. The molecule has 0 saturated heterocycles. The first-order valence-electron chi connectivity index (χ1n) is 22.6. The maximum absolute atomic E-state index is 12.6. The van der Waals surface area contributed by atoms with Crippen LogP contribution in [-0.4, -0.2) is 59.9 Å². The van der Waals surface area contributed by atoms with Crippen molar-refractivity contribution in [3.8, 4) is 0 Å². The Kier molecular flexibility index (Phi) is 40.6. The number of rotatable bonds is 40. The van der Waals surface area contributed by atoms with Gasteiger partial charge in [-0.1, -0.05) is 148 Å². The Hall–Kier alpha value is -4.12. The molecule has 0 aliphatic carbocycles. The molecule has 0 saturated carbocycles. The molecule has 11 nitrogen and oxygen atoms in total. The number of hydrogen-bond donors (Lipinski definition) is 3. The lowest BCUT2D eigenvalue weighted by atomic mass is 10.1. The van der Waals surface area contributed by atoms with Gasteiger partial charge in [-0.15, -0.1) is 0 Å². The molecule has 0 aromatic heterocycles. The summed E-state index contributed by atoms with van der Waals surface area (Å²) in [5.74, 6) is -2.48. The van der Waals surface area contributed by atoms with E-state index in [1.54, 1.807) is 0 Å². The molecule has 0 bridgehead atoms. The minimum Gasteiger partial charge on any atom is -0.480 e. The number of phosphoric ester groups is 1. The van der Waals surface area contributed by atoms with E-state index in [9.17, 15) is 23.8 Å². The number of hydrogen-bond acceptors (Lipinski definition) is 9. The molecule has 0 heterocycles. The second-order valence-electron chi connectivity index (χ2n) is 14.4. The van der Waals surface area contributed by atoms with E-state index in [0.29, 0.717) is 12.8 Å². The third-order valence-corrected chi connectivity index (χ3v) is 9.66. The van der Waals surface area contributed by atoms with Crippen LogP contribution in [0.3, 0.4) is 0 Å². The Bertz CT molecular complexity index is 1500. The van der Waals surface area contributed by atoms with Gasteiger partial charge in [-0.05, 0) is 103 Å². The molecule has 0 rings (SSSR count). The van der Waals surface area contributed by atoms with Gasteiger partial charge in [0.25, 0.3) is 0 Å². The van der Waals surface area contributed by atoms with Gasteiger partial charge in [0.15, 0.2) is 6.10 Å². The molecule has 348 valence electrons. The van der Waals surface area contributed by atoms with Gasteiger partial charge in [0, 0.05) is 12.8 Å². The van der Waals surface area contributed by atoms with Crippen LogP contribution in [-0.2, 0) is 37.5 Å². The number of phosphoric acid groups is 1. The molecule has 0 radical (unpaired) electrons. The molecule has 0 aliphatic rings. The van der Waals surface area contributed by atoms with Gasteiger partial charge in [0.2, 0.25) is 0 Å². The molecular formula is C50H78NO10P. The quantitative estimate of drug-likeness (QED) is 0.0231. The van der Waals surface area contributed by atoms with Crippen LogP contribution in [0.4, 0.5) is 0 Å². The molecule has 4 N–H and O–H groups in total. The zero-order chi connectivity index (χ0) is 45.6. The number of unbranched alkanes of at least 4 members (excludes halogenated alkanes) is 6. The van der Waals surface area contributed by atoms with E-state index in [1.807, 2.05) is 0 Å². The first-order valence-corrected chi connectivity index (χ1v) is 24.1. The van der Waals surface area contributed by atoms with Gasteiger partial charge >= 0.3 is 25.7 Å². The van der Waals surface area contributed by atoms with E-state index in [2.05, 4.69) is 140 Å². The van der Waals surface area contributed by atoms with Crippen molar-refractivity contribution in [1.82, 2.24) is 0 Å². The van der Waals surface area contributed by atoms with Crippen molar-refractivity contribution in [2.45, 2.75) is 154 Å². The fourth-order valence-electron chi connectivity index (χ4n) is 5.23. The predicted molar refractivity (Wildman–Crippen MR) is 253 cm³/mol. The van der Waals surface area contributed by atoms with Gasteiger partial charge in [0.1, 0.15) is 12.6 Å². The zero-order valence-electron chi connectivity index (χ0n) is 37.7. The molecule has 0 aliphatic heterocycles. The molecule has 62 heavy (non-hydrogen) atoms. The Morgan fingerprint density at radius 1 is 0.500 bits per heavy atom. The van der Waals surface area contributed by atoms with Crippen molar-refractivity contribution in [3.63, 3.8) is 0 Å². The number of ether oxygens (including phenoxy) is 2. The largest absolute Gasteiger partial charge is 0.480 e. The van der Waals surface area contributed by atoms with E-state index < -0.39 is 51.1 Å². The molecule has 3 unspecified atom stereocenters. The summed E-state index contributed by atoms with van der Waals surface area (Å²) < 4.78 is 32.7. The number of carbonyl (C=O) groups excluding carboxylic acids is 2. The van der Waals surface area contributed by atoms with Gasteiger partial charge in [0.05, 0.1) is 13.2 Å². The van der Waals surface area contributed by atoms with E-state index >= 15 is 0 Å². The Labute approximate surface area is 373 Å². The van der Waals surface area contributed by atoms with Gasteiger partial charge in [-0.2, -0.15) is 0 Å². The topological polar surface area (TPSA) is 172 Å². The van der Waals surface area contributed by atoms with Crippen LogP contribution in [0.15, 0.2) is 122 Å². The van der Waals surface area contributed by atoms with Crippen LogP contribution in [0.25, 0.3) is 0 Å². The Morgan fingerprint density at radius 3 is 1.24 bits per heavy atom. The Morgan fingerprint density at radius 2 is 0.855 bits per heavy atom. The van der Waals surface area contributed by atoms with E-state index in [0.717, 1.165) is 103 Å². The second-order valence-corrected chi connectivity index (χ2v) is 15.9. The minimum atomic E-state index is -4.75. The van der Waals surface area contributed by atoms with Gasteiger partial charge in [-0.3, -0.25) is 23.4 Å². The zero-order valence-corrected chi connectivity index (χ0v) is 38.5. The average molecular weight is 884 g/mol. The molecule has 0 aromatic rings. The summed E-state index contributed by atoms with van der Waals surface area (Å²) in [6.07, 6.45) is 58.3. The number of carboxylic acid groups (broad SMARTS) is 1. The van der Waals surface area contributed by atoms with Crippen LogP contribution in [0.2, 0.25) is 0 Å². The number of aliphatic carboxylic acids is 1. The van der Waals surface area contributed by atoms with Crippen LogP contribution in [0, 0.1) is 0 Å².